The molecule has 0 fully saturated rings. The average molecular weight is 224 g/mol. The van der Waals surface area contributed by atoms with E-state index in [1.165, 1.54) is 0 Å². The third-order valence-electron chi connectivity index (χ3n) is 2.57. The molecule has 0 saturated heterocycles. The minimum atomic E-state index is -0.0704. The summed E-state index contributed by atoms with van der Waals surface area (Å²) in [5, 5.41) is 22.5. The number of aromatic hydroxyl groups is 2. The van der Waals surface area contributed by atoms with Gasteiger partial charge < -0.3 is 21.3 Å². The van der Waals surface area contributed by atoms with Gasteiger partial charge in [0.1, 0.15) is 11.5 Å². The van der Waals surface area contributed by atoms with Crippen LogP contribution in [0.3, 0.4) is 0 Å². The molecule has 1 aromatic rings. The third kappa shape index (κ3) is 3.40. The zero-order valence-electron chi connectivity index (χ0n) is 9.61. The van der Waals surface area contributed by atoms with Gasteiger partial charge in [-0.05, 0) is 45.0 Å². The van der Waals surface area contributed by atoms with Gasteiger partial charge in [-0.3, -0.25) is 0 Å². The Hall–Kier alpha value is -1.26. The topological polar surface area (TPSA) is 78.5 Å². The second-order valence-corrected chi connectivity index (χ2v) is 3.88. The summed E-state index contributed by atoms with van der Waals surface area (Å²) < 4.78 is 0. The summed E-state index contributed by atoms with van der Waals surface area (Å²) in [6, 6.07) is 4.70. The van der Waals surface area contributed by atoms with Crippen molar-refractivity contribution in [2.24, 2.45) is 5.73 Å². The lowest BCUT2D eigenvalue weighted by atomic mass is 10.1. The quantitative estimate of drug-likeness (QED) is 0.552. The molecule has 0 aliphatic heterocycles. The predicted octanol–water partition coefficient (Wildman–Crippen LogP) is 1.49. The molecule has 0 aromatic heterocycles. The van der Waals surface area contributed by atoms with Crippen LogP contribution in [-0.4, -0.2) is 23.3 Å². The molecule has 0 radical (unpaired) electrons. The highest BCUT2D eigenvalue weighted by Crippen LogP contribution is 2.31. The zero-order chi connectivity index (χ0) is 12.0. The molecule has 0 saturated carbocycles. The fourth-order valence-electron chi connectivity index (χ4n) is 1.67. The van der Waals surface area contributed by atoms with Crippen LogP contribution in [0, 0.1) is 0 Å². The molecule has 90 valence electrons. The van der Waals surface area contributed by atoms with Crippen molar-refractivity contribution in [3.8, 4) is 11.5 Å². The van der Waals surface area contributed by atoms with Crippen molar-refractivity contribution in [3.63, 3.8) is 0 Å². The fraction of sp³-hybridized carbons (Fsp3) is 0.500. The minimum absolute atomic E-state index is 0.0704. The zero-order valence-corrected chi connectivity index (χ0v) is 9.61. The van der Waals surface area contributed by atoms with Crippen LogP contribution in [0.1, 0.15) is 31.4 Å². The molecule has 5 N–H and O–H groups in total. The summed E-state index contributed by atoms with van der Waals surface area (Å²) >= 11 is 0. The van der Waals surface area contributed by atoms with Crippen LogP contribution in [0.5, 0.6) is 11.5 Å². The van der Waals surface area contributed by atoms with E-state index in [1.807, 2.05) is 6.92 Å². The number of unbranched alkanes of at least 4 members (excludes halogenated alkanes) is 1. The highest BCUT2D eigenvalue weighted by atomic mass is 16.3. The maximum Gasteiger partial charge on any atom is 0.124 e. The molecule has 0 spiro atoms. The molecular weight excluding hydrogens is 204 g/mol. The molecule has 1 aromatic carbocycles. The first-order valence-corrected chi connectivity index (χ1v) is 5.61. The van der Waals surface area contributed by atoms with Crippen LogP contribution in [0.2, 0.25) is 0 Å². The number of nitrogens with two attached hydrogens (primary N) is 1. The summed E-state index contributed by atoms with van der Waals surface area (Å²) in [7, 11) is 0. The van der Waals surface area contributed by atoms with Crippen LogP contribution in [0.15, 0.2) is 18.2 Å². The number of hydrogen-bond donors (Lipinski definition) is 4. The fourth-order valence-corrected chi connectivity index (χ4v) is 1.67. The number of nitrogens with one attached hydrogen (secondary N) is 1. The van der Waals surface area contributed by atoms with Crippen LogP contribution >= 0.6 is 0 Å². The van der Waals surface area contributed by atoms with E-state index in [1.54, 1.807) is 18.2 Å². The summed E-state index contributed by atoms with van der Waals surface area (Å²) in [5.74, 6) is 0.248. The highest BCUT2D eigenvalue weighted by molar-refractivity contribution is 5.44. The normalized spacial score (nSPS) is 12.6. The van der Waals surface area contributed by atoms with E-state index in [-0.39, 0.29) is 17.5 Å². The van der Waals surface area contributed by atoms with Crippen molar-refractivity contribution in [3.05, 3.63) is 23.8 Å². The third-order valence-corrected chi connectivity index (χ3v) is 2.57. The van der Waals surface area contributed by atoms with E-state index in [2.05, 4.69) is 5.32 Å². The van der Waals surface area contributed by atoms with Crippen molar-refractivity contribution in [1.82, 2.24) is 5.32 Å². The molecule has 4 heteroatoms. The number of rotatable bonds is 6. The molecule has 1 atom stereocenters. The van der Waals surface area contributed by atoms with Crippen molar-refractivity contribution in [2.45, 2.75) is 25.8 Å². The van der Waals surface area contributed by atoms with E-state index in [0.717, 1.165) is 19.4 Å². The Labute approximate surface area is 96.1 Å². The lowest BCUT2D eigenvalue weighted by Crippen LogP contribution is -2.20. The first-order valence-electron chi connectivity index (χ1n) is 5.61. The minimum Gasteiger partial charge on any atom is -0.507 e. The SMILES string of the molecule is CC(NCCCCN)c1c(O)cccc1O. The Kier molecular flexibility index (Phi) is 5.08. The Morgan fingerprint density at radius 2 is 1.88 bits per heavy atom. The van der Waals surface area contributed by atoms with Gasteiger partial charge in [-0.1, -0.05) is 6.07 Å². The Bertz CT molecular complexity index is 309. The van der Waals surface area contributed by atoms with Crippen molar-refractivity contribution < 1.29 is 10.2 Å². The number of phenols is 2. The van der Waals surface area contributed by atoms with Gasteiger partial charge in [-0.15, -0.1) is 0 Å². The number of phenolic OH excluding ortho intramolecular Hbond substituents is 2. The first kappa shape index (κ1) is 12.8. The molecule has 0 aliphatic rings. The Balaban J connectivity index is 2.55. The van der Waals surface area contributed by atoms with E-state index >= 15 is 0 Å². The lowest BCUT2D eigenvalue weighted by molar-refractivity contribution is 0.417. The van der Waals surface area contributed by atoms with E-state index in [4.69, 9.17) is 5.73 Å². The lowest BCUT2D eigenvalue weighted by Gasteiger charge is -2.16. The van der Waals surface area contributed by atoms with E-state index in [0.29, 0.717) is 12.1 Å². The standard InChI is InChI=1S/C12H20N2O2/c1-9(14-8-3-2-7-13)12-10(15)5-4-6-11(12)16/h4-6,9,14-16H,2-3,7-8,13H2,1H3. The maximum atomic E-state index is 9.64. The van der Waals surface area contributed by atoms with Crippen molar-refractivity contribution in [1.29, 1.82) is 0 Å². The molecule has 0 bridgehead atoms. The van der Waals surface area contributed by atoms with Crippen LogP contribution in [0.4, 0.5) is 0 Å². The molecule has 0 amide bonds. The van der Waals surface area contributed by atoms with Gasteiger partial charge >= 0.3 is 0 Å². The molecule has 16 heavy (non-hydrogen) atoms. The summed E-state index contributed by atoms with van der Waals surface area (Å²) in [6.07, 6.45) is 1.97. The maximum absolute atomic E-state index is 9.64. The molecular formula is C12H20N2O2. The van der Waals surface area contributed by atoms with Gasteiger partial charge in [0, 0.05) is 6.04 Å². The van der Waals surface area contributed by atoms with Gasteiger partial charge in [0.05, 0.1) is 5.56 Å². The highest BCUT2D eigenvalue weighted by Gasteiger charge is 2.13. The second-order valence-electron chi connectivity index (χ2n) is 3.88. The molecule has 1 unspecified atom stereocenters. The molecule has 0 heterocycles. The number of hydrogen-bond acceptors (Lipinski definition) is 4. The average Bonchev–Trinajstić information content (AvgIpc) is 2.24. The van der Waals surface area contributed by atoms with Gasteiger partial charge in [-0.2, -0.15) is 0 Å². The monoisotopic (exact) mass is 224 g/mol. The summed E-state index contributed by atoms with van der Waals surface area (Å²) in [6.45, 7) is 3.43. The van der Waals surface area contributed by atoms with Crippen LogP contribution in [-0.2, 0) is 0 Å². The van der Waals surface area contributed by atoms with Gasteiger partial charge in [0.25, 0.3) is 0 Å². The van der Waals surface area contributed by atoms with Gasteiger partial charge in [0.15, 0.2) is 0 Å². The first-order chi connectivity index (χ1) is 7.66. The summed E-state index contributed by atoms with van der Waals surface area (Å²) in [4.78, 5) is 0. The predicted molar refractivity (Wildman–Crippen MR) is 64.5 cm³/mol. The van der Waals surface area contributed by atoms with E-state index in [9.17, 15) is 10.2 Å². The number of benzene rings is 1. The van der Waals surface area contributed by atoms with E-state index < -0.39 is 0 Å². The van der Waals surface area contributed by atoms with Crippen molar-refractivity contribution in [2.75, 3.05) is 13.1 Å². The van der Waals surface area contributed by atoms with Gasteiger partial charge in [-0.25, -0.2) is 0 Å². The van der Waals surface area contributed by atoms with Crippen LogP contribution in [0.25, 0.3) is 0 Å². The molecule has 1 rings (SSSR count). The molecule has 4 nitrogen and oxygen atoms in total. The second kappa shape index (κ2) is 6.35. The Morgan fingerprint density at radius 1 is 1.25 bits per heavy atom. The largest absolute Gasteiger partial charge is 0.507 e. The Morgan fingerprint density at radius 3 is 2.44 bits per heavy atom. The van der Waals surface area contributed by atoms with Gasteiger partial charge in [0.2, 0.25) is 0 Å². The smallest absolute Gasteiger partial charge is 0.124 e. The van der Waals surface area contributed by atoms with Crippen LogP contribution < -0.4 is 11.1 Å². The van der Waals surface area contributed by atoms with Crippen molar-refractivity contribution >= 4 is 0 Å². The summed E-state index contributed by atoms with van der Waals surface area (Å²) in [5.41, 5.74) is 5.95. The molecule has 0 aliphatic carbocycles.